The van der Waals surface area contributed by atoms with Crippen LogP contribution >= 0.6 is 0 Å². The number of hydrogen-bond donors (Lipinski definition) is 0. The van der Waals surface area contributed by atoms with E-state index in [9.17, 15) is 0 Å². The van der Waals surface area contributed by atoms with Crippen LogP contribution in [-0.2, 0) is 0 Å². The fourth-order valence-corrected chi connectivity index (χ4v) is 7.01. The van der Waals surface area contributed by atoms with Crippen LogP contribution in [0.15, 0.2) is 121 Å². The topological polar surface area (TPSA) is 17.8 Å². The van der Waals surface area contributed by atoms with Gasteiger partial charge < -0.3 is 0 Å². The summed E-state index contributed by atoms with van der Waals surface area (Å²) in [6.45, 7) is 2.05. The molecule has 0 aliphatic carbocycles. The molecule has 0 aliphatic rings. The van der Waals surface area contributed by atoms with Crippen molar-refractivity contribution in [3.8, 4) is 39.1 Å². The molecule has 7 heteroatoms. The Kier molecular flexibility index (Phi) is 7.02. The second-order valence-corrected chi connectivity index (χ2v) is 11.9. The van der Waals surface area contributed by atoms with E-state index >= 15 is 0 Å². The van der Waals surface area contributed by atoms with E-state index in [4.69, 9.17) is 44.2 Å². The highest BCUT2D eigenvalue weighted by molar-refractivity contribution is 6.68. The molecular formula is C40H23B5N2. The minimum atomic E-state index is 0.202. The van der Waals surface area contributed by atoms with Gasteiger partial charge in [0.1, 0.15) is 45.1 Å². The van der Waals surface area contributed by atoms with Crippen LogP contribution in [-0.4, -0.2) is 48.8 Å². The Morgan fingerprint density at radius 3 is 1.47 bits per heavy atom. The summed E-state index contributed by atoms with van der Waals surface area (Å²) in [6, 6.07) is 42.3. The summed E-state index contributed by atoms with van der Waals surface area (Å²) in [5, 5.41) is 4.56. The average molecular weight is 586 g/mol. The molecule has 0 bridgehead atoms. The van der Waals surface area contributed by atoms with Crippen LogP contribution in [0.4, 0.5) is 0 Å². The number of imidazole rings is 1. The second kappa shape index (κ2) is 11.3. The van der Waals surface area contributed by atoms with Crippen molar-refractivity contribution in [3.63, 3.8) is 0 Å². The van der Waals surface area contributed by atoms with Crippen LogP contribution in [0.2, 0.25) is 0 Å². The molecule has 8 aromatic rings. The third kappa shape index (κ3) is 4.60. The van der Waals surface area contributed by atoms with Crippen molar-refractivity contribution in [3.05, 3.63) is 127 Å². The lowest BCUT2D eigenvalue weighted by Crippen LogP contribution is -2.55. The summed E-state index contributed by atoms with van der Waals surface area (Å²) >= 11 is 0. The quantitative estimate of drug-likeness (QED) is 0.218. The number of nitrogens with zero attached hydrogens (tertiary/aromatic N) is 2. The molecule has 10 radical (unpaired) electrons. The van der Waals surface area contributed by atoms with E-state index in [2.05, 4.69) is 115 Å². The zero-order chi connectivity index (χ0) is 32.4. The molecule has 0 saturated carbocycles. The van der Waals surface area contributed by atoms with Gasteiger partial charge >= 0.3 is 0 Å². The summed E-state index contributed by atoms with van der Waals surface area (Å²) in [7, 11) is 31.5. The summed E-state index contributed by atoms with van der Waals surface area (Å²) in [4.78, 5) is 4.82. The van der Waals surface area contributed by atoms with Crippen LogP contribution in [0.1, 0.15) is 5.82 Å². The molecule has 8 rings (SSSR count). The van der Waals surface area contributed by atoms with E-state index in [-0.39, 0.29) is 16.4 Å². The largest absolute Gasteiger partial charge is 0.297 e. The number of hydrogen-bond acceptors (Lipinski definition) is 1. The van der Waals surface area contributed by atoms with Gasteiger partial charge in [-0.05, 0) is 92.2 Å². The SMILES string of the molecule is [B]c1c([B])c([B])c(-c2cccc(-c3c4ccccc4c(-c4cccc(-n5c(C)nc6ccccc65)c4)c4ccccc34)c2)c([B])c1[B]. The van der Waals surface area contributed by atoms with Crippen molar-refractivity contribution in [1.29, 1.82) is 0 Å². The Hall–Kier alpha value is -5.15. The summed E-state index contributed by atoms with van der Waals surface area (Å²) < 4.78 is 2.22. The van der Waals surface area contributed by atoms with Crippen molar-refractivity contribution in [2.45, 2.75) is 6.92 Å². The normalized spacial score (nSPS) is 11.5. The Morgan fingerprint density at radius 1 is 0.447 bits per heavy atom. The highest BCUT2D eigenvalue weighted by Gasteiger charge is 2.19. The van der Waals surface area contributed by atoms with Gasteiger partial charge in [0.15, 0.2) is 0 Å². The monoisotopic (exact) mass is 586 g/mol. The van der Waals surface area contributed by atoms with E-state index in [0.717, 1.165) is 66.3 Å². The molecule has 0 saturated heterocycles. The first-order chi connectivity index (χ1) is 22.8. The first-order valence-electron chi connectivity index (χ1n) is 15.4. The molecule has 7 aromatic carbocycles. The average Bonchev–Trinajstić information content (AvgIpc) is 3.44. The van der Waals surface area contributed by atoms with E-state index in [1.807, 2.05) is 18.2 Å². The lowest BCUT2D eigenvalue weighted by molar-refractivity contribution is 1.00. The molecule has 208 valence electrons. The molecular weight excluding hydrogens is 563 g/mol. The Balaban J connectivity index is 1.38. The van der Waals surface area contributed by atoms with E-state index in [0.29, 0.717) is 16.5 Å². The molecule has 0 fully saturated rings. The molecule has 47 heavy (non-hydrogen) atoms. The first-order valence-corrected chi connectivity index (χ1v) is 15.4. The van der Waals surface area contributed by atoms with E-state index < -0.39 is 0 Å². The molecule has 0 amide bonds. The van der Waals surface area contributed by atoms with E-state index in [1.165, 1.54) is 5.56 Å². The maximum Gasteiger partial charge on any atom is 0.113 e. The Bertz CT molecular complexity index is 2460. The summed E-state index contributed by atoms with van der Waals surface area (Å²) in [5.41, 5.74) is 10.3. The van der Waals surface area contributed by atoms with Gasteiger partial charge in [0.2, 0.25) is 0 Å². The Labute approximate surface area is 280 Å². The van der Waals surface area contributed by atoms with Gasteiger partial charge in [-0.1, -0.05) is 102 Å². The molecule has 0 spiro atoms. The van der Waals surface area contributed by atoms with Crippen molar-refractivity contribution < 1.29 is 0 Å². The fraction of sp³-hybridized carbons (Fsp3) is 0.0250. The number of aryl methyl sites for hydroxylation is 1. The minimum absolute atomic E-state index is 0.202. The predicted molar refractivity (Wildman–Crippen MR) is 204 cm³/mol. The fourth-order valence-electron chi connectivity index (χ4n) is 7.01. The minimum Gasteiger partial charge on any atom is -0.297 e. The van der Waals surface area contributed by atoms with Gasteiger partial charge in [0, 0.05) is 5.69 Å². The molecule has 2 nitrogen and oxygen atoms in total. The van der Waals surface area contributed by atoms with Gasteiger partial charge in [-0.15, -0.1) is 16.4 Å². The second-order valence-electron chi connectivity index (χ2n) is 11.9. The smallest absolute Gasteiger partial charge is 0.113 e. The molecule has 0 atom stereocenters. The number of para-hydroxylation sites is 2. The highest BCUT2D eigenvalue weighted by Crippen LogP contribution is 2.44. The maximum atomic E-state index is 6.48. The molecule has 1 heterocycles. The number of rotatable bonds is 4. The van der Waals surface area contributed by atoms with Gasteiger partial charge in [-0.25, -0.2) is 4.98 Å². The predicted octanol–water partition coefficient (Wildman–Crippen LogP) is 4.61. The van der Waals surface area contributed by atoms with Crippen molar-refractivity contribution in [2.75, 3.05) is 0 Å². The summed E-state index contributed by atoms with van der Waals surface area (Å²) in [5.74, 6) is 0.944. The van der Waals surface area contributed by atoms with Crippen LogP contribution < -0.4 is 27.3 Å². The number of aromatic nitrogens is 2. The maximum absolute atomic E-state index is 6.48. The zero-order valence-electron chi connectivity index (χ0n) is 25.8. The lowest BCUT2D eigenvalue weighted by Gasteiger charge is -2.22. The number of fused-ring (bicyclic) bond motifs is 3. The summed E-state index contributed by atoms with van der Waals surface area (Å²) in [6.07, 6.45) is 0. The first kappa shape index (κ1) is 29.3. The van der Waals surface area contributed by atoms with Crippen molar-refractivity contribution >= 4 is 99.1 Å². The van der Waals surface area contributed by atoms with Crippen LogP contribution in [0.3, 0.4) is 0 Å². The van der Waals surface area contributed by atoms with E-state index in [1.54, 1.807) is 0 Å². The van der Waals surface area contributed by atoms with Gasteiger partial charge in [-0.2, -0.15) is 0 Å². The Morgan fingerprint density at radius 2 is 0.894 bits per heavy atom. The van der Waals surface area contributed by atoms with Crippen LogP contribution in [0, 0.1) is 6.92 Å². The highest BCUT2D eigenvalue weighted by atomic mass is 15.1. The van der Waals surface area contributed by atoms with Gasteiger partial charge in [-0.3, -0.25) is 4.57 Å². The van der Waals surface area contributed by atoms with Gasteiger partial charge in [0.05, 0.1) is 11.0 Å². The van der Waals surface area contributed by atoms with Crippen LogP contribution in [0.5, 0.6) is 0 Å². The van der Waals surface area contributed by atoms with Crippen molar-refractivity contribution in [2.24, 2.45) is 0 Å². The zero-order valence-corrected chi connectivity index (χ0v) is 25.8. The molecule has 0 aliphatic heterocycles. The lowest BCUT2D eigenvalue weighted by atomic mass is 9.59. The standard InChI is InChI=1S/C40H23B5N2/c1-22-46-31-18-6-7-19-32(31)47(22)26-13-9-12-25(21-26)34-29-16-4-2-14-27(29)33(28-15-3-5-17-30(28)34)23-10-8-11-24(20-23)35-36(41)38(43)40(45)39(44)37(35)42/h2-21H,1H3. The molecule has 0 N–H and O–H groups in total. The molecule has 0 unspecified atom stereocenters. The third-order valence-electron chi connectivity index (χ3n) is 9.19. The van der Waals surface area contributed by atoms with Gasteiger partial charge in [0.25, 0.3) is 0 Å². The van der Waals surface area contributed by atoms with Crippen LogP contribution in [0.25, 0.3) is 71.6 Å². The number of benzene rings is 7. The third-order valence-corrected chi connectivity index (χ3v) is 9.19. The van der Waals surface area contributed by atoms with Crippen molar-refractivity contribution in [1.82, 2.24) is 9.55 Å². The molecule has 1 aromatic heterocycles.